The lowest BCUT2D eigenvalue weighted by Crippen LogP contribution is -2.29. The number of nitrogens with zero attached hydrogens (tertiary/aromatic N) is 1. The molecule has 0 saturated carbocycles. The molecule has 1 aliphatic rings. The minimum absolute atomic E-state index is 0.0694. The molecular formula is C17H14BrFN2O6. The number of aliphatic carboxylic acids is 1. The molecule has 2 heterocycles. The summed E-state index contributed by atoms with van der Waals surface area (Å²) in [5.74, 6) is -3.25. The number of carbonyl (C=O) groups is 2. The lowest BCUT2D eigenvalue weighted by Gasteiger charge is -2.27. The average molecular weight is 441 g/mol. The molecule has 142 valence electrons. The predicted molar refractivity (Wildman–Crippen MR) is 94.8 cm³/mol. The lowest BCUT2D eigenvalue weighted by molar-refractivity contribution is -0.140. The van der Waals surface area contributed by atoms with Crippen LogP contribution in [0.5, 0.6) is 0 Å². The van der Waals surface area contributed by atoms with Crippen molar-refractivity contribution in [1.29, 1.82) is 0 Å². The Balaban J connectivity index is 2.26. The van der Waals surface area contributed by atoms with Crippen molar-refractivity contribution in [3.8, 4) is 0 Å². The summed E-state index contributed by atoms with van der Waals surface area (Å²) >= 11 is 3.07. The van der Waals surface area contributed by atoms with E-state index < -0.39 is 29.3 Å². The molecule has 0 radical (unpaired) electrons. The van der Waals surface area contributed by atoms with Crippen molar-refractivity contribution in [3.63, 3.8) is 0 Å². The van der Waals surface area contributed by atoms with Crippen LogP contribution in [0.4, 0.5) is 10.2 Å². The summed E-state index contributed by atoms with van der Waals surface area (Å²) < 4.78 is 24.9. The molecule has 1 atom stereocenters. The second-order valence-electron chi connectivity index (χ2n) is 5.85. The highest BCUT2D eigenvalue weighted by atomic mass is 79.9. The molecule has 10 heteroatoms. The molecule has 3 rings (SSSR count). The maximum atomic E-state index is 13.7. The number of halogens is 2. The predicted octanol–water partition coefficient (Wildman–Crippen LogP) is 2.34. The van der Waals surface area contributed by atoms with Gasteiger partial charge < -0.3 is 19.7 Å². The molecule has 1 aromatic heterocycles. The third-order valence-corrected chi connectivity index (χ3v) is 4.72. The quantitative estimate of drug-likeness (QED) is 0.701. The number of aromatic nitrogens is 1. The van der Waals surface area contributed by atoms with Crippen LogP contribution in [0, 0.1) is 5.82 Å². The van der Waals surface area contributed by atoms with Crippen molar-refractivity contribution in [2.24, 2.45) is 7.05 Å². The van der Waals surface area contributed by atoms with Gasteiger partial charge in [0.25, 0.3) is 0 Å². The molecule has 0 aliphatic carbocycles. The Kier molecular flexibility index (Phi) is 4.92. The SMILES string of the molecule is CC(=O)OCC1=C(C(=O)O)C(c2ccc(F)c(Br)c2)c2c(n(C)oc2=O)N1. The van der Waals surface area contributed by atoms with Gasteiger partial charge in [-0.1, -0.05) is 6.07 Å². The number of carboxylic acids is 1. The van der Waals surface area contributed by atoms with Crippen LogP contribution in [0.15, 0.2) is 43.3 Å². The normalized spacial score (nSPS) is 15.9. The van der Waals surface area contributed by atoms with Crippen molar-refractivity contribution in [2.45, 2.75) is 12.8 Å². The Labute approximate surface area is 160 Å². The Hall–Kier alpha value is -2.88. The maximum Gasteiger partial charge on any atom is 0.363 e. The topological polar surface area (TPSA) is 111 Å². The third-order valence-electron chi connectivity index (χ3n) is 4.11. The molecule has 0 fully saturated rings. The van der Waals surface area contributed by atoms with Crippen molar-refractivity contribution >= 4 is 33.7 Å². The minimum atomic E-state index is -1.32. The van der Waals surface area contributed by atoms with Gasteiger partial charge in [-0.05, 0) is 33.6 Å². The molecule has 1 unspecified atom stereocenters. The number of fused-ring (bicyclic) bond motifs is 1. The Morgan fingerprint density at radius 1 is 1.44 bits per heavy atom. The highest BCUT2D eigenvalue weighted by molar-refractivity contribution is 9.10. The first-order valence-electron chi connectivity index (χ1n) is 7.72. The van der Waals surface area contributed by atoms with E-state index in [9.17, 15) is 23.9 Å². The van der Waals surface area contributed by atoms with Gasteiger partial charge in [-0.15, -0.1) is 0 Å². The first-order chi connectivity index (χ1) is 12.7. The molecule has 1 aromatic carbocycles. The van der Waals surface area contributed by atoms with Gasteiger partial charge in [-0.2, -0.15) is 4.74 Å². The highest BCUT2D eigenvalue weighted by Gasteiger charge is 2.39. The zero-order valence-electron chi connectivity index (χ0n) is 14.2. The van der Waals surface area contributed by atoms with E-state index in [1.807, 2.05) is 0 Å². The van der Waals surface area contributed by atoms with Crippen LogP contribution >= 0.6 is 15.9 Å². The summed E-state index contributed by atoms with van der Waals surface area (Å²) in [4.78, 5) is 35.5. The smallest absolute Gasteiger partial charge is 0.363 e. The van der Waals surface area contributed by atoms with E-state index in [0.717, 1.165) is 10.8 Å². The highest BCUT2D eigenvalue weighted by Crippen LogP contribution is 2.41. The van der Waals surface area contributed by atoms with Crippen molar-refractivity contribution in [2.75, 3.05) is 11.9 Å². The Morgan fingerprint density at radius 2 is 2.15 bits per heavy atom. The number of hydrogen-bond acceptors (Lipinski definition) is 6. The number of hydrogen-bond donors (Lipinski definition) is 2. The standard InChI is InChI=1S/C17H14BrFN2O6/c1-7(22)26-6-11-13(16(23)24)12(8-3-4-10(19)9(18)5-8)14-15(20-11)21(2)27-17(14)25/h3-5,12,20H,6H2,1-2H3,(H,23,24). The summed E-state index contributed by atoms with van der Waals surface area (Å²) in [6.07, 6.45) is 0. The summed E-state index contributed by atoms with van der Waals surface area (Å²) in [5.41, 5.74) is -0.397. The van der Waals surface area contributed by atoms with Gasteiger partial charge in [-0.3, -0.25) is 4.79 Å². The monoisotopic (exact) mass is 440 g/mol. The first kappa shape index (κ1) is 18.9. The Bertz CT molecular complexity index is 1040. The van der Waals surface area contributed by atoms with Crippen LogP contribution in [0.1, 0.15) is 24.0 Å². The second-order valence-corrected chi connectivity index (χ2v) is 6.70. The van der Waals surface area contributed by atoms with Crippen molar-refractivity contribution in [1.82, 2.24) is 4.74 Å². The first-order valence-corrected chi connectivity index (χ1v) is 8.51. The molecule has 0 saturated heterocycles. The van der Waals surface area contributed by atoms with Gasteiger partial charge in [0, 0.05) is 14.0 Å². The fourth-order valence-electron chi connectivity index (χ4n) is 2.98. The number of ether oxygens (including phenoxy) is 1. The number of benzene rings is 1. The minimum Gasteiger partial charge on any atom is -0.478 e. The molecule has 27 heavy (non-hydrogen) atoms. The molecule has 0 amide bonds. The molecule has 0 spiro atoms. The van der Waals surface area contributed by atoms with E-state index in [0.29, 0.717) is 5.56 Å². The van der Waals surface area contributed by atoms with Crippen LogP contribution in [0.2, 0.25) is 0 Å². The average Bonchev–Trinajstić information content (AvgIpc) is 2.88. The van der Waals surface area contributed by atoms with Crippen LogP contribution in [0.25, 0.3) is 0 Å². The van der Waals surface area contributed by atoms with Crippen LogP contribution < -0.4 is 10.9 Å². The molecule has 2 aromatic rings. The van der Waals surface area contributed by atoms with E-state index in [2.05, 4.69) is 21.2 Å². The van der Waals surface area contributed by atoms with Crippen LogP contribution in [-0.4, -0.2) is 28.4 Å². The zero-order chi connectivity index (χ0) is 19.9. The van der Waals surface area contributed by atoms with Gasteiger partial charge >= 0.3 is 17.6 Å². The zero-order valence-corrected chi connectivity index (χ0v) is 15.8. The number of nitrogens with one attached hydrogen (secondary N) is 1. The molecule has 2 N–H and O–H groups in total. The fourth-order valence-corrected chi connectivity index (χ4v) is 3.38. The van der Waals surface area contributed by atoms with Gasteiger partial charge in [-0.25, -0.2) is 14.0 Å². The number of aryl methyl sites for hydroxylation is 1. The molecular weight excluding hydrogens is 427 g/mol. The van der Waals surface area contributed by atoms with E-state index in [4.69, 9.17) is 9.26 Å². The van der Waals surface area contributed by atoms with Gasteiger partial charge in [0.05, 0.1) is 27.2 Å². The number of carboxylic acid groups (broad SMARTS) is 1. The second kappa shape index (κ2) is 7.03. The largest absolute Gasteiger partial charge is 0.478 e. The van der Waals surface area contributed by atoms with E-state index in [1.54, 1.807) is 0 Å². The molecule has 8 nitrogen and oxygen atoms in total. The van der Waals surface area contributed by atoms with Crippen molar-refractivity contribution in [3.05, 3.63) is 61.3 Å². The number of esters is 1. The van der Waals surface area contributed by atoms with Gasteiger partial charge in [0.1, 0.15) is 12.4 Å². The summed E-state index contributed by atoms with van der Waals surface area (Å²) in [6.45, 7) is 0.853. The Morgan fingerprint density at radius 3 is 2.74 bits per heavy atom. The maximum absolute atomic E-state index is 13.7. The fraction of sp³-hybridized carbons (Fsp3) is 0.235. The van der Waals surface area contributed by atoms with Crippen LogP contribution in [-0.2, 0) is 21.4 Å². The summed E-state index contributed by atoms with van der Waals surface area (Å²) in [7, 11) is 1.47. The van der Waals surface area contributed by atoms with Crippen molar-refractivity contribution < 1.29 is 28.3 Å². The number of rotatable bonds is 4. The number of carbonyl (C=O) groups excluding carboxylic acids is 1. The van der Waals surface area contributed by atoms with Crippen LogP contribution in [0.3, 0.4) is 0 Å². The molecule has 1 aliphatic heterocycles. The molecule has 0 bridgehead atoms. The number of anilines is 1. The summed E-state index contributed by atoms with van der Waals surface area (Å²) in [6, 6.07) is 3.95. The van der Waals surface area contributed by atoms with E-state index in [-0.39, 0.29) is 33.7 Å². The lowest BCUT2D eigenvalue weighted by atomic mass is 9.82. The van der Waals surface area contributed by atoms with E-state index >= 15 is 0 Å². The van der Waals surface area contributed by atoms with Gasteiger partial charge in [0.2, 0.25) is 0 Å². The van der Waals surface area contributed by atoms with E-state index in [1.165, 1.54) is 26.1 Å². The third kappa shape index (κ3) is 3.39. The van der Waals surface area contributed by atoms with Gasteiger partial charge in [0.15, 0.2) is 5.82 Å². The summed E-state index contributed by atoms with van der Waals surface area (Å²) in [5, 5.41) is 12.6.